The number of nitrogens with one attached hydrogen (secondary N) is 1. The second-order valence-corrected chi connectivity index (χ2v) is 5.89. The largest absolute Gasteiger partial charge is 0.486 e. The zero-order chi connectivity index (χ0) is 13.1. The summed E-state index contributed by atoms with van der Waals surface area (Å²) >= 11 is 1.53. The molecule has 19 heavy (non-hydrogen) atoms. The summed E-state index contributed by atoms with van der Waals surface area (Å²) in [4.78, 5) is 12.7. The van der Waals surface area contributed by atoms with E-state index in [-0.39, 0.29) is 5.91 Å². The molecule has 1 aliphatic carbocycles. The van der Waals surface area contributed by atoms with E-state index in [0.717, 1.165) is 28.9 Å². The first-order chi connectivity index (χ1) is 9.31. The molecule has 0 radical (unpaired) electrons. The lowest BCUT2D eigenvalue weighted by Crippen LogP contribution is -2.27. The molecular formula is C14H17NO3S. The minimum absolute atomic E-state index is 0.104. The highest BCUT2D eigenvalue weighted by Gasteiger charge is 2.21. The van der Waals surface area contributed by atoms with E-state index in [1.165, 1.54) is 24.6 Å². The number of hydrogen-bond acceptors (Lipinski definition) is 4. The van der Waals surface area contributed by atoms with Gasteiger partial charge in [0.25, 0.3) is 0 Å². The molecule has 3 rings (SSSR count). The lowest BCUT2D eigenvalue weighted by Gasteiger charge is -2.18. The minimum atomic E-state index is 0.104. The molecule has 1 aliphatic heterocycles. The van der Waals surface area contributed by atoms with Crippen molar-refractivity contribution in [2.75, 3.05) is 25.5 Å². The molecule has 0 atom stereocenters. The number of carbonyl (C=O) groups is 1. The number of amides is 1. The van der Waals surface area contributed by atoms with Gasteiger partial charge in [0.05, 0.1) is 5.75 Å². The van der Waals surface area contributed by atoms with Crippen molar-refractivity contribution in [3.8, 4) is 11.5 Å². The summed E-state index contributed by atoms with van der Waals surface area (Å²) in [5.41, 5.74) is 0. The second kappa shape index (κ2) is 5.74. The second-order valence-electron chi connectivity index (χ2n) is 4.84. The third-order valence-electron chi connectivity index (χ3n) is 3.17. The topological polar surface area (TPSA) is 47.6 Å². The normalized spacial score (nSPS) is 17.1. The molecule has 1 heterocycles. The molecule has 0 aromatic heterocycles. The van der Waals surface area contributed by atoms with E-state index in [1.807, 2.05) is 18.2 Å². The summed E-state index contributed by atoms with van der Waals surface area (Å²) in [6.45, 7) is 2.02. The highest BCUT2D eigenvalue weighted by Crippen LogP contribution is 2.34. The van der Waals surface area contributed by atoms with Gasteiger partial charge in [-0.05, 0) is 37.0 Å². The summed E-state index contributed by atoms with van der Waals surface area (Å²) in [6, 6.07) is 5.80. The van der Waals surface area contributed by atoms with E-state index in [1.54, 1.807) is 0 Å². The zero-order valence-corrected chi connectivity index (χ0v) is 11.5. The molecule has 4 nitrogen and oxygen atoms in total. The van der Waals surface area contributed by atoms with E-state index in [0.29, 0.717) is 19.0 Å². The molecule has 5 heteroatoms. The molecule has 1 amide bonds. The summed E-state index contributed by atoms with van der Waals surface area (Å²) < 4.78 is 11.0. The number of rotatable bonds is 5. The molecule has 1 aromatic rings. The third-order valence-corrected chi connectivity index (χ3v) is 4.16. The standard InChI is InChI=1S/C14H17NO3S/c16-14(15-8-10-1-2-10)9-19-11-3-4-12-13(7-11)18-6-5-17-12/h3-4,7,10H,1-2,5-6,8-9H2,(H,15,16). The molecule has 1 N–H and O–H groups in total. The minimum Gasteiger partial charge on any atom is -0.486 e. The smallest absolute Gasteiger partial charge is 0.230 e. The fraction of sp³-hybridized carbons (Fsp3) is 0.500. The van der Waals surface area contributed by atoms with E-state index >= 15 is 0 Å². The van der Waals surface area contributed by atoms with Crippen molar-refractivity contribution in [2.24, 2.45) is 5.92 Å². The molecular weight excluding hydrogens is 262 g/mol. The van der Waals surface area contributed by atoms with Crippen LogP contribution in [0.4, 0.5) is 0 Å². The summed E-state index contributed by atoms with van der Waals surface area (Å²) in [7, 11) is 0. The maximum atomic E-state index is 11.6. The maximum absolute atomic E-state index is 11.6. The average Bonchev–Trinajstić information content (AvgIpc) is 3.27. The van der Waals surface area contributed by atoms with Gasteiger partial charge in [-0.1, -0.05) is 0 Å². The van der Waals surface area contributed by atoms with Crippen LogP contribution in [0.3, 0.4) is 0 Å². The number of thioether (sulfide) groups is 1. The Morgan fingerprint density at radius 1 is 1.26 bits per heavy atom. The van der Waals surface area contributed by atoms with Gasteiger partial charge in [-0.15, -0.1) is 11.8 Å². The molecule has 2 aliphatic rings. The van der Waals surface area contributed by atoms with Crippen LogP contribution in [-0.2, 0) is 4.79 Å². The predicted molar refractivity (Wildman–Crippen MR) is 73.9 cm³/mol. The van der Waals surface area contributed by atoms with Crippen molar-refractivity contribution in [2.45, 2.75) is 17.7 Å². The van der Waals surface area contributed by atoms with Crippen molar-refractivity contribution in [1.82, 2.24) is 5.32 Å². The number of ether oxygens (including phenoxy) is 2. The molecule has 0 unspecified atom stereocenters. The Balaban J connectivity index is 1.50. The van der Waals surface area contributed by atoms with Gasteiger partial charge in [-0.2, -0.15) is 0 Å². The van der Waals surface area contributed by atoms with Crippen LogP contribution in [-0.4, -0.2) is 31.4 Å². The molecule has 1 fully saturated rings. The van der Waals surface area contributed by atoms with Gasteiger partial charge in [0.1, 0.15) is 13.2 Å². The first kappa shape index (κ1) is 12.7. The van der Waals surface area contributed by atoms with Crippen LogP contribution in [0.5, 0.6) is 11.5 Å². The molecule has 1 saturated carbocycles. The van der Waals surface area contributed by atoms with Gasteiger partial charge in [-0.25, -0.2) is 0 Å². The fourth-order valence-corrected chi connectivity index (χ4v) is 2.65. The zero-order valence-electron chi connectivity index (χ0n) is 10.7. The average molecular weight is 279 g/mol. The van der Waals surface area contributed by atoms with Crippen LogP contribution in [0.15, 0.2) is 23.1 Å². The fourth-order valence-electron chi connectivity index (χ4n) is 1.89. The van der Waals surface area contributed by atoms with Gasteiger partial charge in [0.2, 0.25) is 5.91 Å². The monoisotopic (exact) mass is 279 g/mol. The Kier molecular flexibility index (Phi) is 3.82. The predicted octanol–water partition coefficient (Wildman–Crippen LogP) is 2.08. The highest BCUT2D eigenvalue weighted by atomic mass is 32.2. The van der Waals surface area contributed by atoms with Crippen LogP contribution < -0.4 is 14.8 Å². The number of carbonyl (C=O) groups excluding carboxylic acids is 1. The van der Waals surface area contributed by atoms with Crippen molar-refractivity contribution in [3.63, 3.8) is 0 Å². The molecule has 0 spiro atoms. The van der Waals surface area contributed by atoms with Crippen molar-refractivity contribution < 1.29 is 14.3 Å². The van der Waals surface area contributed by atoms with E-state index < -0.39 is 0 Å². The van der Waals surface area contributed by atoms with Gasteiger partial charge >= 0.3 is 0 Å². The van der Waals surface area contributed by atoms with E-state index in [9.17, 15) is 4.79 Å². The van der Waals surface area contributed by atoms with Gasteiger partial charge < -0.3 is 14.8 Å². The molecule has 0 saturated heterocycles. The SMILES string of the molecule is O=C(CSc1ccc2c(c1)OCCO2)NCC1CC1. The van der Waals surface area contributed by atoms with Crippen LogP contribution in [0.2, 0.25) is 0 Å². The molecule has 0 bridgehead atoms. The van der Waals surface area contributed by atoms with E-state index in [2.05, 4.69) is 5.32 Å². The lowest BCUT2D eigenvalue weighted by atomic mass is 10.3. The van der Waals surface area contributed by atoms with Crippen molar-refractivity contribution in [1.29, 1.82) is 0 Å². The van der Waals surface area contributed by atoms with E-state index in [4.69, 9.17) is 9.47 Å². The number of hydrogen-bond donors (Lipinski definition) is 1. The summed E-state index contributed by atoms with van der Waals surface area (Å²) in [5.74, 6) is 2.84. The Bertz CT molecular complexity index is 474. The summed E-state index contributed by atoms with van der Waals surface area (Å²) in [5, 5.41) is 2.96. The number of fused-ring (bicyclic) bond motifs is 1. The van der Waals surface area contributed by atoms with Crippen LogP contribution in [0.1, 0.15) is 12.8 Å². The molecule has 102 valence electrons. The number of benzene rings is 1. The van der Waals surface area contributed by atoms with Gasteiger partial charge in [0.15, 0.2) is 11.5 Å². The van der Waals surface area contributed by atoms with Gasteiger partial charge in [0, 0.05) is 11.4 Å². The first-order valence-electron chi connectivity index (χ1n) is 6.60. The Hall–Kier alpha value is -1.36. The Morgan fingerprint density at radius 2 is 2.05 bits per heavy atom. The highest BCUT2D eigenvalue weighted by molar-refractivity contribution is 8.00. The Labute approximate surface area is 116 Å². The lowest BCUT2D eigenvalue weighted by molar-refractivity contribution is -0.118. The summed E-state index contributed by atoms with van der Waals surface area (Å²) in [6.07, 6.45) is 2.52. The van der Waals surface area contributed by atoms with Crippen molar-refractivity contribution >= 4 is 17.7 Å². The van der Waals surface area contributed by atoms with Crippen LogP contribution >= 0.6 is 11.8 Å². The third kappa shape index (κ3) is 3.56. The van der Waals surface area contributed by atoms with Crippen molar-refractivity contribution in [3.05, 3.63) is 18.2 Å². The quantitative estimate of drug-likeness (QED) is 0.838. The Morgan fingerprint density at radius 3 is 2.84 bits per heavy atom. The van der Waals surface area contributed by atoms with Crippen LogP contribution in [0, 0.1) is 5.92 Å². The first-order valence-corrected chi connectivity index (χ1v) is 7.59. The van der Waals surface area contributed by atoms with Crippen LogP contribution in [0.25, 0.3) is 0 Å². The molecule has 1 aromatic carbocycles. The maximum Gasteiger partial charge on any atom is 0.230 e. The van der Waals surface area contributed by atoms with Gasteiger partial charge in [-0.3, -0.25) is 4.79 Å².